The summed E-state index contributed by atoms with van der Waals surface area (Å²) < 4.78 is 56.3. The number of fused-ring (bicyclic) bond motifs is 1. The lowest BCUT2D eigenvalue weighted by Crippen LogP contribution is -2.15. The molecule has 3 aromatic carbocycles. The number of H-pyrrole nitrogens is 1. The van der Waals surface area contributed by atoms with Crippen molar-refractivity contribution in [1.82, 2.24) is 9.78 Å². The summed E-state index contributed by atoms with van der Waals surface area (Å²) in [6.07, 6.45) is 0. The van der Waals surface area contributed by atoms with Crippen molar-refractivity contribution in [1.29, 1.82) is 0 Å². The van der Waals surface area contributed by atoms with Crippen LogP contribution in [0.1, 0.15) is 11.1 Å². The molecule has 32 heavy (non-hydrogen) atoms. The van der Waals surface area contributed by atoms with Crippen molar-refractivity contribution in [2.45, 2.75) is 18.4 Å². The Morgan fingerprint density at radius 3 is 2.47 bits per heavy atom. The van der Waals surface area contributed by atoms with Crippen LogP contribution in [0.3, 0.4) is 0 Å². The molecule has 0 unspecified atom stereocenters. The van der Waals surface area contributed by atoms with Crippen LogP contribution in [0, 0.1) is 18.6 Å². The first-order chi connectivity index (χ1) is 15.0. The molecule has 0 radical (unpaired) electrons. The monoisotopic (exact) mass is 497 g/mol. The summed E-state index contributed by atoms with van der Waals surface area (Å²) in [5, 5.41) is 3.11. The van der Waals surface area contributed by atoms with Gasteiger partial charge in [-0.15, -0.1) is 0 Å². The standard InChI is InChI=1S/C21H15Cl2F2N3O3S/c1-11-6-13(22)8-16(23)20(11)32(30,31)27-14-3-5-19-15(9-14)21(29)26-28(19)10-12-2-4-17(24)18(25)7-12/h2-9,27H,10H2,1H3,(H,26,29). The van der Waals surface area contributed by atoms with Crippen LogP contribution in [0.25, 0.3) is 10.9 Å². The van der Waals surface area contributed by atoms with Crippen LogP contribution in [0.5, 0.6) is 0 Å². The number of benzene rings is 3. The number of hydrogen-bond donors (Lipinski definition) is 2. The minimum Gasteiger partial charge on any atom is -0.280 e. The molecule has 4 aromatic rings. The molecule has 0 saturated heterocycles. The van der Waals surface area contributed by atoms with E-state index in [1.165, 1.54) is 35.0 Å². The minimum absolute atomic E-state index is 0.0286. The van der Waals surface area contributed by atoms with Crippen LogP contribution in [0.4, 0.5) is 14.5 Å². The number of rotatable bonds is 5. The van der Waals surface area contributed by atoms with Crippen molar-refractivity contribution in [3.05, 3.63) is 91.7 Å². The number of sulfonamides is 1. The molecule has 166 valence electrons. The zero-order chi connectivity index (χ0) is 23.2. The van der Waals surface area contributed by atoms with E-state index in [9.17, 15) is 22.0 Å². The van der Waals surface area contributed by atoms with Crippen molar-refractivity contribution < 1.29 is 17.2 Å². The van der Waals surface area contributed by atoms with Crippen LogP contribution < -0.4 is 10.3 Å². The highest BCUT2D eigenvalue weighted by molar-refractivity contribution is 7.92. The second-order valence-electron chi connectivity index (χ2n) is 7.15. The van der Waals surface area contributed by atoms with E-state index in [1.807, 2.05) is 0 Å². The molecule has 0 atom stereocenters. The maximum atomic E-state index is 13.5. The van der Waals surface area contributed by atoms with Gasteiger partial charge in [-0.2, -0.15) is 0 Å². The highest BCUT2D eigenvalue weighted by atomic mass is 35.5. The van der Waals surface area contributed by atoms with Gasteiger partial charge in [-0.05, 0) is 60.5 Å². The number of aromatic amines is 1. The summed E-state index contributed by atoms with van der Waals surface area (Å²) >= 11 is 12.0. The largest absolute Gasteiger partial charge is 0.280 e. The molecule has 1 aromatic heterocycles. The second-order valence-corrected chi connectivity index (χ2v) is 9.61. The smallest absolute Gasteiger partial charge is 0.272 e. The van der Waals surface area contributed by atoms with E-state index in [1.54, 1.807) is 13.0 Å². The number of aromatic nitrogens is 2. The molecule has 0 aliphatic rings. The Bertz CT molecular complexity index is 1510. The Hall–Kier alpha value is -2.88. The topological polar surface area (TPSA) is 84.0 Å². The third-order valence-electron chi connectivity index (χ3n) is 4.81. The number of aryl methyl sites for hydroxylation is 1. The van der Waals surface area contributed by atoms with Crippen molar-refractivity contribution in [2.75, 3.05) is 4.72 Å². The van der Waals surface area contributed by atoms with Crippen LogP contribution in [0.15, 0.2) is 58.2 Å². The first-order valence-corrected chi connectivity index (χ1v) is 11.4. The second kappa shape index (κ2) is 8.23. The molecule has 11 heteroatoms. The predicted octanol–water partition coefficient (Wildman–Crippen LogP) is 5.07. The summed E-state index contributed by atoms with van der Waals surface area (Å²) in [6, 6.07) is 10.7. The van der Waals surface area contributed by atoms with Crippen molar-refractivity contribution in [3.8, 4) is 0 Å². The van der Waals surface area contributed by atoms with Crippen LogP contribution in [-0.4, -0.2) is 18.2 Å². The number of nitrogens with one attached hydrogen (secondary N) is 2. The summed E-state index contributed by atoms with van der Waals surface area (Å²) in [5.74, 6) is -1.96. The van der Waals surface area contributed by atoms with Crippen LogP contribution in [0.2, 0.25) is 10.0 Å². The number of anilines is 1. The third-order valence-corrected chi connectivity index (χ3v) is 7.02. The van der Waals surface area contributed by atoms with E-state index in [0.29, 0.717) is 21.7 Å². The van der Waals surface area contributed by atoms with Gasteiger partial charge in [0, 0.05) is 10.7 Å². The fraction of sp³-hybridized carbons (Fsp3) is 0.0952. The molecule has 0 aliphatic carbocycles. The van der Waals surface area contributed by atoms with E-state index in [4.69, 9.17) is 23.2 Å². The summed E-state index contributed by atoms with van der Waals surface area (Å²) in [4.78, 5) is 12.3. The van der Waals surface area contributed by atoms with Crippen molar-refractivity contribution >= 4 is 49.8 Å². The predicted molar refractivity (Wildman–Crippen MR) is 120 cm³/mol. The number of halogens is 4. The average molecular weight is 498 g/mol. The fourth-order valence-corrected chi connectivity index (χ4v) is 5.68. The van der Waals surface area contributed by atoms with Crippen LogP contribution >= 0.6 is 23.2 Å². The van der Waals surface area contributed by atoms with Gasteiger partial charge in [0.05, 0.1) is 22.5 Å². The van der Waals surface area contributed by atoms with Crippen LogP contribution in [-0.2, 0) is 16.6 Å². The minimum atomic E-state index is -4.06. The molecule has 0 spiro atoms. The van der Waals surface area contributed by atoms with Gasteiger partial charge < -0.3 is 0 Å². The molecular weight excluding hydrogens is 483 g/mol. The highest BCUT2D eigenvalue weighted by Crippen LogP contribution is 2.30. The summed E-state index contributed by atoms with van der Waals surface area (Å²) in [7, 11) is -4.06. The molecule has 0 saturated carbocycles. The van der Waals surface area contributed by atoms with Gasteiger partial charge in [0.15, 0.2) is 11.6 Å². The van der Waals surface area contributed by atoms with E-state index in [0.717, 1.165) is 12.1 Å². The SMILES string of the molecule is Cc1cc(Cl)cc(Cl)c1S(=O)(=O)Nc1ccc2c(c1)c(=O)[nH]n2Cc1ccc(F)c(F)c1. The zero-order valence-electron chi connectivity index (χ0n) is 16.4. The lowest BCUT2D eigenvalue weighted by atomic mass is 10.2. The quantitative estimate of drug-likeness (QED) is 0.403. The van der Waals surface area contributed by atoms with Gasteiger partial charge >= 0.3 is 0 Å². The Kier molecular flexibility index (Phi) is 5.74. The Balaban J connectivity index is 1.68. The van der Waals surface area contributed by atoms with Gasteiger partial charge in [0.25, 0.3) is 15.6 Å². The normalized spacial score (nSPS) is 11.8. The van der Waals surface area contributed by atoms with Crippen molar-refractivity contribution in [2.24, 2.45) is 0 Å². The molecule has 0 aliphatic heterocycles. The first-order valence-electron chi connectivity index (χ1n) is 9.20. The fourth-order valence-electron chi connectivity index (χ4n) is 3.44. The highest BCUT2D eigenvalue weighted by Gasteiger charge is 2.22. The maximum Gasteiger partial charge on any atom is 0.272 e. The lowest BCUT2D eigenvalue weighted by Gasteiger charge is -2.12. The van der Waals surface area contributed by atoms with E-state index in [2.05, 4.69) is 9.82 Å². The van der Waals surface area contributed by atoms with Gasteiger partial charge in [-0.1, -0.05) is 29.3 Å². The Labute approximate surface area is 191 Å². The molecule has 2 N–H and O–H groups in total. The molecule has 4 rings (SSSR count). The average Bonchev–Trinajstić information content (AvgIpc) is 2.98. The molecule has 0 fully saturated rings. The molecular formula is C21H15Cl2F2N3O3S. The number of nitrogens with zero attached hydrogens (tertiary/aromatic N) is 1. The lowest BCUT2D eigenvalue weighted by molar-refractivity contribution is 0.506. The number of hydrogen-bond acceptors (Lipinski definition) is 3. The van der Waals surface area contributed by atoms with Gasteiger partial charge in [0.1, 0.15) is 4.90 Å². The Morgan fingerprint density at radius 2 is 1.78 bits per heavy atom. The summed E-state index contributed by atoms with van der Waals surface area (Å²) in [6.45, 7) is 1.65. The van der Waals surface area contributed by atoms with E-state index >= 15 is 0 Å². The zero-order valence-corrected chi connectivity index (χ0v) is 18.7. The molecule has 6 nitrogen and oxygen atoms in total. The molecule has 1 heterocycles. The van der Waals surface area contributed by atoms with Crippen molar-refractivity contribution in [3.63, 3.8) is 0 Å². The van der Waals surface area contributed by atoms with Gasteiger partial charge in [-0.25, -0.2) is 17.2 Å². The third kappa shape index (κ3) is 4.23. The van der Waals surface area contributed by atoms with E-state index < -0.39 is 27.2 Å². The van der Waals surface area contributed by atoms with E-state index in [-0.39, 0.29) is 27.5 Å². The molecule has 0 amide bonds. The summed E-state index contributed by atoms with van der Waals surface area (Å²) in [5.41, 5.74) is 0.952. The van der Waals surface area contributed by atoms with Gasteiger partial charge in [-0.3, -0.25) is 19.3 Å². The Morgan fingerprint density at radius 1 is 1.03 bits per heavy atom. The van der Waals surface area contributed by atoms with Gasteiger partial charge in [0.2, 0.25) is 0 Å². The maximum absolute atomic E-state index is 13.5. The molecule has 0 bridgehead atoms. The first kappa shape index (κ1) is 22.3.